The average Bonchev–Trinajstić information content (AvgIpc) is 3.57. The summed E-state index contributed by atoms with van der Waals surface area (Å²) in [5.74, 6) is 1.92. The van der Waals surface area contributed by atoms with Crippen LogP contribution in [0.3, 0.4) is 0 Å². The molecule has 0 aliphatic carbocycles. The van der Waals surface area contributed by atoms with Crippen LogP contribution in [0.25, 0.3) is 94.3 Å². The van der Waals surface area contributed by atoms with E-state index in [-0.39, 0.29) is 0 Å². The summed E-state index contributed by atoms with van der Waals surface area (Å²) in [6, 6.07) is 57.0. The first-order valence-electron chi connectivity index (χ1n) is 17.1. The standard InChI is InChI=1S/C46H29N5/c1-3-13-30(14-4-1)44-48-45(31-15-5-2-6-16-31)50-46(49-44)34-19-11-17-32(27-34)33-18-12-20-35(28-33)51-41-29-47-26-25-40(41)42-38-23-9-7-21-36(38)37-22-8-10-24-39(37)43(42)51/h1-29H. The zero-order chi connectivity index (χ0) is 33.7. The summed E-state index contributed by atoms with van der Waals surface area (Å²) in [5, 5.41) is 7.38. The van der Waals surface area contributed by atoms with Crippen molar-refractivity contribution >= 4 is 43.4 Å². The molecule has 0 aliphatic rings. The van der Waals surface area contributed by atoms with E-state index in [1.807, 2.05) is 73.1 Å². The molecule has 238 valence electrons. The van der Waals surface area contributed by atoms with Crippen LogP contribution in [0, 0.1) is 0 Å². The second-order valence-corrected chi connectivity index (χ2v) is 12.7. The summed E-state index contributed by atoms with van der Waals surface area (Å²) >= 11 is 0. The van der Waals surface area contributed by atoms with Crippen molar-refractivity contribution in [3.63, 3.8) is 0 Å². The largest absolute Gasteiger partial charge is 0.307 e. The van der Waals surface area contributed by atoms with Crippen molar-refractivity contribution in [3.05, 3.63) is 176 Å². The second kappa shape index (κ2) is 11.9. The van der Waals surface area contributed by atoms with E-state index in [2.05, 4.69) is 113 Å². The molecule has 0 radical (unpaired) electrons. The van der Waals surface area contributed by atoms with Crippen molar-refractivity contribution in [2.24, 2.45) is 0 Å². The molecular formula is C46H29N5. The van der Waals surface area contributed by atoms with Gasteiger partial charge in [-0.25, -0.2) is 15.0 Å². The molecule has 0 spiro atoms. The SMILES string of the molecule is c1ccc(-c2nc(-c3ccccc3)nc(-c3cccc(-c4cccc(-n5c6cnccc6c6c7ccccc7c7ccccc7c65)c4)c3)n2)cc1. The normalized spacial score (nSPS) is 11.5. The van der Waals surface area contributed by atoms with E-state index in [1.165, 1.54) is 37.8 Å². The van der Waals surface area contributed by atoms with Crippen LogP contribution < -0.4 is 0 Å². The first kappa shape index (κ1) is 29.0. The molecule has 3 aromatic heterocycles. The molecule has 7 aromatic carbocycles. The molecule has 10 rings (SSSR count). The highest BCUT2D eigenvalue weighted by Crippen LogP contribution is 2.42. The topological polar surface area (TPSA) is 56.5 Å². The minimum Gasteiger partial charge on any atom is -0.307 e. The fraction of sp³-hybridized carbons (Fsp3) is 0. The summed E-state index contributed by atoms with van der Waals surface area (Å²) in [4.78, 5) is 19.4. The van der Waals surface area contributed by atoms with Crippen molar-refractivity contribution in [2.45, 2.75) is 0 Å². The van der Waals surface area contributed by atoms with Crippen molar-refractivity contribution < 1.29 is 0 Å². The lowest BCUT2D eigenvalue weighted by molar-refractivity contribution is 1.07. The Labute approximate surface area is 294 Å². The Hall–Kier alpha value is -6.98. The Balaban J connectivity index is 1.15. The molecule has 3 heterocycles. The van der Waals surface area contributed by atoms with E-state index in [0.717, 1.165) is 39.0 Å². The van der Waals surface area contributed by atoms with Crippen LogP contribution in [0.4, 0.5) is 0 Å². The van der Waals surface area contributed by atoms with Crippen LogP contribution in [0.1, 0.15) is 0 Å². The predicted octanol–water partition coefficient (Wildman–Crippen LogP) is 11.3. The van der Waals surface area contributed by atoms with Crippen molar-refractivity contribution in [2.75, 3.05) is 0 Å². The fourth-order valence-corrected chi connectivity index (χ4v) is 7.39. The van der Waals surface area contributed by atoms with E-state index in [1.54, 1.807) is 0 Å². The van der Waals surface area contributed by atoms with Gasteiger partial charge in [-0.05, 0) is 51.6 Å². The fourth-order valence-electron chi connectivity index (χ4n) is 7.39. The quantitative estimate of drug-likeness (QED) is 0.174. The van der Waals surface area contributed by atoms with Crippen molar-refractivity contribution in [1.29, 1.82) is 0 Å². The number of hydrogen-bond acceptors (Lipinski definition) is 4. The van der Waals surface area contributed by atoms with Crippen molar-refractivity contribution in [3.8, 4) is 51.0 Å². The number of hydrogen-bond donors (Lipinski definition) is 0. The number of fused-ring (bicyclic) bond motifs is 8. The molecule has 0 N–H and O–H groups in total. The molecule has 0 unspecified atom stereocenters. The van der Waals surface area contributed by atoms with Gasteiger partial charge in [0.15, 0.2) is 17.5 Å². The Morgan fingerprint density at radius 2 is 0.882 bits per heavy atom. The Morgan fingerprint density at radius 1 is 0.373 bits per heavy atom. The van der Waals surface area contributed by atoms with Gasteiger partial charge < -0.3 is 4.57 Å². The van der Waals surface area contributed by atoms with Crippen LogP contribution in [0.5, 0.6) is 0 Å². The number of benzene rings is 7. The lowest BCUT2D eigenvalue weighted by atomic mass is 9.97. The van der Waals surface area contributed by atoms with Gasteiger partial charge in [0.1, 0.15) is 0 Å². The minimum absolute atomic E-state index is 0.632. The third kappa shape index (κ3) is 4.86. The molecule has 0 amide bonds. The summed E-state index contributed by atoms with van der Waals surface area (Å²) in [6.45, 7) is 0. The molecule has 5 nitrogen and oxygen atoms in total. The first-order chi connectivity index (χ1) is 25.3. The van der Waals surface area contributed by atoms with Gasteiger partial charge in [-0.1, -0.05) is 140 Å². The van der Waals surface area contributed by atoms with Crippen LogP contribution in [0.15, 0.2) is 176 Å². The van der Waals surface area contributed by atoms with Gasteiger partial charge in [0.2, 0.25) is 0 Å². The lowest BCUT2D eigenvalue weighted by Crippen LogP contribution is -2.00. The molecule has 5 heteroatoms. The molecule has 0 saturated heterocycles. The maximum absolute atomic E-state index is 4.98. The molecule has 10 aromatic rings. The van der Waals surface area contributed by atoms with Crippen LogP contribution in [-0.2, 0) is 0 Å². The van der Waals surface area contributed by atoms with Gasteiger partial charge in [0, 0.05) is 44.7 Å². The summed E-state index contributed by atoms with van der Waals surface area (Å²) in [6.07, 6.45) is 3.88. The molecule has 0 saturated carbocycles. The van der Waals surface area contributed by atoms with E-state index in [9.17, 15) is 0 Å². The third-order valence-electron chi connectivity index (χ3n) is 9.70. The Morgan fingerprint density at radius 3 is 1.57 bits per heavy atom. The smallest absolute Gasteiger partial charge is 0.164 e. The highest BCUT2D eigenvalue weighted by atomic mass is 15.0. The van der Waals surface area contributed by atoms with E-state index in [0.29, 0.717) is 17.5 Å². The lowest BCUT2D eigenvalue weighted by Gasteiger charge is -2.13. The highest BCUT2D eigenvalue weighted by Gasteiger charge is 2.19. The van der Waals surface area contributed by atoms with Gasteiger partial charge in [0.25, 0.3) is 0 Å². The Bertz CT molecular complexity index is 2860. The predicted molar refractivity (Wildman–Crippen MR) is 209 cm³/mol. The number of rotatable bonds is 5. The van der Waals surface area contributed by atoms with Gasteiger partial charge in [0.05, 0.1) is 17.2 Å². The summed E-state index contributed by atoms with van der Waals surface area (Å²) in [5.41, 5.74) is 8.33. The molecule has 0 bridgehead atoms. The van der Waals surface area contributed by atoms with Gasteiger partial charge in [-0.2, -0.15) is 0 Å². The third-order valence-corrected chi connectivity index (χ3v) is 9.70. The van der Waals surface area contributed by atoms with Crippen LogP contribution >= 0.6 is 0 Å². The van der Waals surface area contributed by atoms with E-state index < -0.39 is 0 Å². The van der Waals surface area contributed by atoms with Crippen molar-refractivity contribution in [1.82, 2.24) is 24.5 Å². The highest BCUT2D eigenvalue weighted by molar-refractivity contribution is 6.32. The number of pyridine rings is 1. The molecule has 0 aliphatic heterocycles. The minimum atomic E-state index is 0.632. The number of nitrogens with zero attached hydrogens (tertiary/aromatic N) is 5. The van der Waals surface area contributed by atoms with E-state index >= 15 is 0 Å². The van der Waals surface area contributed by atoms with Gasteiger partial charge in [-0.15, -0.1) is 0 Å². The van der Waals surface area contributed by atoms with Crippen LogP contribution in [-0.4, -0.2) is 24.5 Å². The zero-order valence-corrected chi connectivity index (χ0v) is 27.5. The molecule has 0 atom stereocenters. The second-order valence-electron chi connectivity index (χ2n) is 12.7. The molecular weight excluding hydrogens is 623 g/mol. The van der Waals surface area contributed by atoms with E-state index in [4.69, 9.17) is 15.0 Å². The molecule has 51 heavy (non-hydrogen) atoms. The summed E-state index contributed by atoms with van der Waals surface area (Å²) < 4.78 is 2.38. The van der Waals surface area contributed by atoms with Gasteiger partial charge >= 0.3 is 0 Å². The van der Waals surface area contributed by atoms with Gasteiger partial charge in [-0.3, -0.25) is 4.98 Å². The monoisotopic (exact) mass is 651 g/mol. The molecule has 0 fully saturated rings. The average molecular weight is 652 g/mol. The summed E-state index contributed by atoms with van der Waals surface area (Å²) in [7, 11) is 0. The Kier molecular flexibility index (Phi) is 6.74. The maximum atomic E-state index is 4.98. The first-order valence-corrected chi connectivity index (χ1v) is 17.1. The van der Waals surface area contributed by atoms with Crippen LogP contribution in [0.2, 0.25) is 0 Å². The number of aromatic nitrogens is 5. The zero-order valence-electron chi connectivity index (χ0n) is 27.5. The maximum Gasteiger partial charge on any atom is 0.164 e.